The van der Waals surface area contributed by atoms with Crippen molar-refractivity contribution in [2.45, 2.75) is 6.18 Å². The van der Waals surface area contributed by atoms with Gasteiger partial charge >= 0.3 is 6.18 Å². The van der Waals surface area contributed by atoms with E-state index in [0.29, 0.717) is 0 Å². The molecule has 0 aromatic heterocycles. The normalized spacial score (nSPS) is 14.9. The van der Waals surface area contributed by atoms with E-state index in [1.165, 1.54) is 18.2 Å². The first-order valence-electron chi connectivity index (χ1n) is 4.81. The van der Waals surface area contributed by atoms with Crippen molar-refractivity contribution >= 4 is 28.8 Å². The molecule has 19 heavy (non-hydrogen) atoms. The Kier molecular flexibility index (Phi) is 3.52. The Morgan fingerprint density at radius 2 is 2.00 bits per heavy atom. The van der Waals surface area contributed by atoms with Crippen molar-refractivity contribution in [1.82, 2.24) is 0 Å². The lowest BCUT2D eigenvalue weighted by molar-refractivity contribution is -0.0839. The topological polar surface area (TPSA) is 42.2 Å². The SMILES string of the molecule is N#C/C(=C(/Cl)C(F)(F)F)c1cc(Cl)c2c(c1)OCO2. The molecule has 0 spiro atoms. The molecule has 2 rings (SSSR count). The van der Waals surface area contributed by atoms with E-state index in [4.69, 9.17) is 37.9 Å². The van der Waals surface area contributed by atoms with Gasteiger partial charge < -0.3 is 9.47 Å². The molecule has 0 amide bonds. The van der Waals surface area contributed by atoms with Crippen molar-refractivity contribution in [3.63, 3.8) is 0 Å². The number of hydrogen-bond donors (Lipinski definition) is 0. The molecule has 0 unspecified atom stereocenters. The number of fused-ring (bicyclic) bond motifs is 1. The maximum atomic E-state index is 12.5. The van der Waals surface area contributed by atoms with Gasteiger partial charge in [-0.25, -0.2) is 0 Å². The molecule has 1 aliphatic heterocycles. The van der Waals surface area contributed by atoms with Crippen LogP contribution in [0.5, 0.6) is 11.5 Å². The van der Waals surface area contributed by atoms with Crippen molar-refractivity contribution in [2.24, 2.45) is 0 Å². The predicted octanol–water partition coefficient (Wildman–Crippen LogP) is 4.10. The van der Waals surface area contributed by atoms with Crippen molar-refractivity contribution in [3.8, 4) is 17.6 Å². The molecule has 0 atom stereocenters. The summed E-state index contributed by atoms with van der Waals surface area (Å²) in [6.07, 6.45) is -4.81. The fourth-order valence-electron chi connectivity index (χ4n) is 1.49. The fourth-order valence-corrected chi connectivity index (χ4v) is 1.91. The molecule has 1 aromatic rings. The second-order valence-electron chi connectivity index (χ2n) is 3.49. The Labute approximate surface area is 115 Å². The summed E-state index contributed by atoms with van der Waals surface area (Å²) in [5, 5.41) is 7.38. The van der Waals surface area contributed by atoms with E-state index in [2.05, 4.69) is 0 Å². The van der Waals surface area contributed by atoms with Crippen molar-refractivity contribution in [2.75, 3.05) is 6.79 Å². The van der Waals surface area contributed by atoms with Gasteiger partial charge in [-0.15, -0.1) is 0 Å². The van der Waals surface area contributed by atoms with Gasteiger partial charge in [0.15, 0.2) is 11.5 Å². The highest BCUT2D eigenvalue weighted by atomic mass is 35.5. The monoisotopic (exact) mass is 309 g/mol. The van der Waals surface area contributed by atoms with Gasteiger partial charge in [0.25, 0.3) is 0 Å². The van der Waals surface area contributed by atoms with Crippen molar-refractivity contribution in [3.05, 3.63) is 27.8 Å². The van der Waals surface area contributed by atoms with Gasteiger partial charge in [-0.2, -0.15) is 18.4 Å². The van der Waals surface area contributed by atoms with Crippen LogP contribution in [0.1, 0.15) is 5.56 Å². The van der Waals surface area contributed by atoms with Gasteiger partial charge in [0.2, 0.25) is 6.79 Å². The van der Waals surface area contributed by atoms with Crippen LogP contribution in [-0.2, 0) is 0 Å². The summed E-state index contributed by atoms with van der Waals surface area (Å²) in [6.45, 7) is -0.0862. The summed E-state index contributed by atoms with van der Waals surface area (Å²) in [6, 6.07) is 3.81. The van der Waals surface area contributed by atoms with E-state index in [1.54, 1.807) is 0 Å². The minimum atomic E-state index is -4.81. The summed E-state index contributed by atoms with van der Waals surface area (Å²) >= 11 is 11.0. The minimum Gasteiger partial charge on any atom is -0.454 e. The lowest BCUT2D eigenvalue weighted by Crippen LogP contribution is -2.09. The van der Waals surface area contributed by atoms with Gasteiger partial charge in [-0.1, -0.05) is 23.2 Å². The Hall–Kier alpha value is -1.58. The second kappa shape index (κ2) is 4.83. The molecule has 0 saturated heterocycles. The average Bonchev–Trinajstić information content (AvgIpc) is 2.77. The first kappa shape index (κ1) is 13.8. The van der Waals surface area contributed by atoms with Gasteiger partial charge in [0, 0.05) is 0 Å². The number of benzene rings is 1. The number of rotatable bonds is 1. The van der Waals surface area contributed by atoms with Crippen molar-refractivity contribution in [1.29, 1.82) is 5.26 Å². The zero-order chi connectivity index (χ0) is 14.2. The Morgan fingerprint density at radius 3 is 2.58 bits per heavy atom. The van der Waals surface area contributed by atoms with E-state index in [1.807, 2.05) is 0 Å². The molecule has 3 nitrogen and oxygen atoms in total. The summed E-state index contributed by atoms with van der Waals surface area (Å²) in [5.74, 6) is 0.396. The molecule has 100 valence electrons. The Balaban J connectivity index is 2.59. The first-order valence-corrected chi connectivity index (χ1v) is 5.56. The van der Waals surface area contributed by atoms with Gasteiger partial charge in [0.1, 0.15) is 11.1 Å². The number of nitrogens with zero attached hydrogens (tertiary/aromatic N) is 1. The number of ether oxygens (including phenoxy) is 2. The van der Waals surface area contributed by atoms with E-state index >= 15 is 0 Å². The highest BCUT2D eigenvalue weighted by molar-refractivity contribution is 6.35. The van der Waals surface area contributed by atoms with Crippen LogP contribution in [0.3, 0.4) is 0 Å². The molecule has 1 aliphatic rings. The van der Waals surface area contributed by atoms with Gasteiger partial charge in [-0.05, 0) is 17.7 Å². The molecule has 0 saturated carbocycles. The van der Waals surface area contributed by atoms with E-state index in [9.17, 15) is 13.2 Å². The Bertz CT molecular complexity index is 605. The highest BCUT2D eigenvalue weighted by Gasteiger charge is 2.36. The molecule has 1 heterocycles. The molecule has 0 aliphatic carbocycles. The summed E-state index contributed by atoms with van der Waals surface area (Å²) < 4.78 is 47.6. The highest BCUT2D eigenvalue weighted by Crippen LogP contribution is 2.43. The summed E-state index contributed by atoms with van der Waals surface area (Å²) in [4.78, 5) is 0. The average molecular weight is 310 g/mol. The maximum Gasteiger partial charge on any atom is 0.428 e. The standard InChI is InChI=1S/C11H4Cl2F3NO2/c12-7-1-5(2-8-9(7)19-4-18-8)6(3-17)10(13)11(14,15)16/h1-2H,4H2/b10-6-. The van der Waals surface area contributed by atoms with Crippen LogP contribution >= 0.6 is 23.2 Å². The van der Waals surface area contributed by atoms with Crippen LogP contribution in [0, 0.1) is 11.3 Å². The number of allylic oxidation sites excluding steroid dienone is 2. The number of halogens is 5. The third-order valence-corrected chi connectivity index (χ3v) is 2.98. The fraction of sp³-hybridized carbons (Fsp3) is 0.182. The lowest BCUT2D eigenvalue weighted by atomic mass is 10.1. The third-order valence-electron chi connectivity index (χ3n) is 2.30. The smallest absolute Gasteiger partial charge is 0.428 e. The molecular formula is C11H4Cl2F3NO2. The lowest BCUT2D eigenvalue weighted by Gasteiger charge is -2.09. The van der Waals surface area contributed by atoms with Crippen LogP contribution in [-0.4, -0.2) is 13.0 Å². The van der Waals surface area contributed by atoms with Crippen LogP contribution in [0.15, 0.2) is 17.2 Å². The van der Waals surface area contributed by atoms with Crippen molar-refractivity contribution < 1.29 is 22.6 Å². The van der Waals surface area contributed by atoms with E-state index in [0.717, 1.165) is 0 Å². The van der Waals surface area contributed by atoms with E-state index in [-0.39, 0.29) is 28.9 Å². The van der Waals surface area contributed by atoms with Crippen LogP contribution in [0.2, 0.25) is 5.02 Å². The minimum absolute atomic E-state index is 0.0457. The summed E-state index contributed by atoms with van der Waals surface area (Å²) in [7, 11) is 0. The van der Waals surface area contributed by atoms with Gasteiger partial charge in [-0.3, -0.25) is 0 Å². The quantitative estimate of drug-likeness (QED) is 0.733. The zero-order valence-corrected chi connectivity index (χ0v) is 10.5. The third kappa shape index (κ3) is 2.57. The molecule has 0 radical (unpaired) electrons. The van der Waals surface area contributed by atoms with Crippen LogP contribution < -0.4 is 9.47 Å². The molecule has 0 fully saturated rings. The number of hydrogen-bond acceptors (Lipinski definition) is 3. The number of nitriles is 1. The molecule has 0 N–H and O–H groups in total. The van der Waals surface area contributed by atoms with E-state index < -0.39 is 16.8 Å². The first-order chi connectivity index (χ1) is 8.84. The molecule has 8 heteroatoms. The summed E-state index contributed by atoms with van der Waals surface area (Å²) in [5.41, 5.74) is -0.812. The largest absolute Gasteiger partial charge is 0.454 e. The number of alkyl halides is 3. The molecule has 0 bridgehead atoms. The molecule has 1 aromatic carbocycles. The van der Waals surface area contributed by atoms with Gasteiger partial charge in [0.05, 0.1) is 10.6 Å². The zero-order valence-electron chi connectivity index (χ0n) is 9.02. The maximum absolute atomic E-state index is 12.5. The second-order valence-corrected chi connectivity index (χ2v) is 4.28. The van der Waals surface area contributed by atoms with Crippen LogP contribution in [0.4, 0.5) is 13.2 Å². The molecular weight excluding hydrogens is 306 g/mol. The van der Waals surface area contributed by atoms with Crippen LogP contribution in [0.25, 0.3) is 5.57 Å². The Morgan fingerprint density at radius 1 is 1.32 bits per heavy atom. The predicted molar refractivity (Wildman–Crippen MR) is 62.0 cm³/mol.